The van der Waals surface area contributed by atoms with Crippen molar-refractivity contribution in [2.24, 2.45) is 0 Å². The van der Waals surface area contributed by atoms with Crippen LogP contribution in [0, 0.1) is 0 Å². The smallest absolute Gasteiger partial charge is 0.304 e. The molecule has 0 aromatic heterocycles. The maximum absolute atomic E-state index is 10.7. The number of halogens is 1. The zero-order valence-electron chi connectivity index (χ0n) is 11.5. The average Bonchev–Trinajstić information content (AvgIpc) is 2.27. The van der Waals surface area contributed by atoms with E-state index in [4.69, 9.17) is 16.7 Å². The first-order valence-electron chi connectivity index (χ1n) is 6.14. The van der Waals surface area contributed by atoms with Crippen LogP contribution in [0.2, 0.25) is 5.02 Å². The lowest BCUT2D eigenvalue weighted by molar-refractivity contribution is -0.137. The van der Waals surface area contributed by atoms with Crippen LogP contribution < -0.4 is 0 Å². The molecule has 0 amide bonds. The fourth-order valence-electron chi connectivity index (χ4n) is 1.75. The Labute approximate surface area is 118 Å². The molecule has 0 fully saturated rings. The Balaban J connectivity index is 2.81. The minimum absolute atomic E-state index is 0.0539. The molecule has 1 rings (SSSR count). The van der Waals surface area contributed by atoms with Gasteiger partial charge in [0.05, 0.1) is 11.4 Å². The summed E-state index contributed by atoms with van der Waals surface area (Å²) >= 11 is 5.88. The third-order valence-electron chi connectivity index (χ3n) is 2.93. The number of carboxylic acid groups (broad SMARTS) is 1. The molecule has 1 aromatic rings. The molecule has 0 bridgehead atoms. The molecule has 5 heteroatoms. The quantitative estimate of drug-likeness (QED) is 0.872. The van der Waals surface area contributed by atoms with Gasteiger partial charge >= 0.3 is 5.97 Å². The van der Waals surface area contributed by atoms with E-state index >= 15 is 0 Å². The number of carboxylic acids is 1. The van der Waals surface area contributed by atoms with Gasteiger partial charge in [-0.05, 0) is 38.5 Å². The van der Waals surface area contributed by atoms with Crippen molar-refractivity contribution in [1.82, 2.24) is 4.90 Å². The number of phenols is 1. The van der Waals surface area contributed by atoms with Crippen LogP contribution in [0.5, 0.6) is 5.75 Å². The topological polar surface area (TPSA) is 60.8 Å². The molecular formula is C14H20ClNO3. The van der Waals surface area contributed by atoms with Gasteiger partial charge in [-0.25, -0.2) is 0 Å². The van der Waals surface area contributed by atoms with Crippen LogP contribution in [0.25, 0.3) is 0 Å². The van der Waals surface area contributed by atoms with Crippen LogP contribution in [-0.2, 0) is 11.3 Å². The second-order valence-electron chi connectivity index (χ2n) is 5.52. The second-order valence-corrected chi connectivity index (χ2v) is 5.93. The number of hydrogen-bond acceptors (Lipinski definition) is 3. The highest BCUT2D eigenvalue weighted by Gasteiger charge is 2.22. The monoisotopic (exact) mass is 285 g/mol. The van der Waals surface area contributed by atoms with Crippen LogP contribution in [0.4, 0.5) is 0 Å². The van der Waals surface area contributed by atoms with Gasteiger partial charge in [0, 0.05) is 18.6 Å². The lowest BCUT2D eigenvalue weighted by Gasteiger charge is -2.35. The summed E-state index contributed by atoms with van der Waals surface area (Å²) in [6.45, 7) is 7.18. The standard InChI is InChI=1S/C14H20ClNO3/c1-14(2,3)16(7-6-13(18)19)9-10-4-5-12(17)11(15)8-10/h4-5,8,17H,6-7,9H2,1-3H3,(H,18,19). The first-order valence-corrected chi connectivity index (χ1v) is 6.52. The summed E-state index contributed by atoms with van der Waals surface area (Å²) in [5, 5.41) is 18.5. The normalized spacial score (nSPS) is 11.8. The van der Waals surface area contributed by atoms with E-state index in [1.54, 1.807) is 18.2 Å². The predicted molar refractivity (Wildman–Crippen MR) is 75.5 cm³/mol. The van der Waals surface area contributed by atoms with E-state index in [1.165, 1.54) is 0 Å². The Morgan fingerprint density at radius 1 is 1.37 bits per heavy atom. The summed E-state index contributed by atoms with van der Waals surface area (Å²) in [6.07, 6.45) is 0.100. The van der Waals surface area contributed by atoms with Crippen molar-refractivity contribution in [1.29, 1.82) is 0 Å². The lowest BCUT2D eigenvalue weighted by atomic mass is 10.0. The highest BCUT2D eigenvalue weighted by Crippen LogP contribution is 2.25. The van der Waals surface area contributed by atoms with Gasteiger partial charge in [-0.1, -0.05) is 17.7 Å². The Morgan fingerprint density at radius 2 is 2.00 bits per heavy atom. The zero-order chi connectivity index (χ0) is 14.6. The molecule has 0 heterocycles. The first kappa shape index (κ1) is 15.8. The zero-order valence-corrected chi connectivity index (χ0v) is 12.2. The molecule has 19 heavy (non-hydrogen) atoms. The molecule has 0 aliphatic carbocycles. The van der Waals surface area contributed by atoms with E-state index in [0.29, 0.717) is 18.1 Å². The van der Waals surface area contributed by atoms with Crippen molar-refractivity contribution in [2.75, 3.05) is 6.54 Å². The molecular weight excluding hydrogens is 266 g/mol. The van der Waals surface area contributed by atoms with Gasteiger partial charge in [-0.3, -0.25) is 9.69 Å². The first-order chi connectivity index (χ1) is 8.70. The average molecular weight is 286 g/mol. The highest BCUT2D eigenvalue weighted by atomic mass is 35.5. The van der Waals surface area contributed by atoms with E-state index < -0.39 is 5.97 Å². The van der Waals surface area contributed by atoms with Gasteiger partial charge in [0.2, 0.25) is 0 Å². The molecule has 0 aliphatic heterocycles. The largest absolute Gasteiger partial charge is 0.506 e. The molecule has 0 saturated heterocycles. The Hall–Kier alpha value is -1.26. The molecule has 106 valence electrons. The number of rotatable bonds is 5. The van der Waals surface area contributed by atoms with Crippen molar-refractivity contribution in [3.63, 3.8) is 0 Å². The van der Waals surface area contributed by atoms with E-state index in [-0.39, 0.29) is 17.7 Å². The van der Waals surface area contributed by atoms with Crippen LogP contribution in [0.3, 0.4) is 0 Å². The van der Waals surface area contributed by atoms with Crippen molar-refractivity contribution in [2.45, 2.75) is 39.3 Å². The second kappa shape index (κ2) is 6.26. The van der Waals surface area contributed by atoms with Crippen LogP contribution in [0.1, 0.15) is 32.8 Å². The number of aliphatic carboxylic acids is 1. The molecule has 0 aliphatic rings. The van der Waals surface area contributed by atoms with E-state index in [1.807, 2.05) is 20.8 Å². The number of benzene rings is 1. The maximum Gasteiger partial charge on any atom is 0.304 e. The van der Waals surface area contributed by atoms with Crippen molar-refractivity contribution in [3.05, 3.63) is 28.8 Å². The summed E-state index contributed by atoms with van der Waals surface area (Å²) in [5.74, 6) is -0.753. The number of nitrogens with zero attached hydrogens (tertiary/aromatic N) is 1. The number of carbonyl (C=O) groups is 1. The molecule has 0 radical (unpaired) electrons. The summed E-state index contributed by atoms with van der Waals surface area (Å²) in [4.78, 5) is 12.8. The molecule has 0 saturated carbocycles. The minimum atomic E-state index is -0.807. The van der Waals surface area contributed by atoms with Crippen LogP contribution in [-0.4, -0.2) is 33.2 Å². The molecule has 0 spiro atoms. The summed E-state index contributed by atoms with van der Waals surface area (Å²) < 4.78 is 0. The molecule has 4 nitrogen and oxygen atoms in total. The Kier molecular flexibility index (Phi) is 5.20. The Bertz CT molecular complexity index is 454. The molecule has 0 atom stereocenters. The summed E-state index contributed by atoms with van der Waals surface area (Å²) in [6, 6.07) is 5.05. The van der Waals surface area contributed by atoms with Gasteiger partial charge in [0.1, 0.15) is 5.75 Å². The van der Waals surface area contributed by atoms with Crippen LogP contribution >= 0.6 is 11.6 Å². The molecule has 0 unspecified atom stereocenters. The fourth-order valence-corrected chi connectivity index (χ4v) is 1.95. The third-order valence-corrected chi connectivity index (χ3v) is 3.23. The van der Waals surface area contributed by atoms with Crippen molar-refractivity contribution in [3.8, 4) is 5.75 Å². The van der Waals surface area contributed by atoms with Gasteiger partial charge in [-0.2, -0.15) is 0 Å². The maximum atomic E-state index is 10.7. The summed E-state index contributed by atoms with van der Waals surface area (Å²) in [7, 11) is 0. The van der Waals surface area contributed by atoms with Crippen molar-refractivity contribution >= 4 is 17.6 Å². The van der Waals surface area contributed by atoms with E-state index in [0.717, 1.165) is 5.56 Å². The molecule has 1 aromatic carbocycles. The van der Waals surface area contributed by atoms with Gasteiger partial charge in [0.25, 0.3) is 0 Å². The fraction of sp³-hybridized carbons (Fsp3) is 0.500. The van der Waals surface area contributed by atoms with Gasteiger partial charge in [-0.15, -0.1) is 0 Å². The van der Waals surface area contributed by atoms with Crippen molar-refractivity contribution < 1.29 is 15.0 Å². The number of aromatic hydroxyl groups is 1. The van der Waals surface area contributed by atoms with E-state index in [9.17, 15) is 9.90 Å². The van der Waals surface area contributed by atoms with E-state index in [2.05, 4.69) is 4.90 Å². The predicted octanol–water partition coefficient (Wildman–Crippen LogP) is 3.12. The minimum Gasteiger partial charge on any atom is -0.506 e. The third kappa shape index (κ3) is 5.09. The lowest BCUT2D eigenvalue weighted by Crippen LogP contribution is -2.42. The van der Waals surface area contributed by atoms with Gasteiger partial charge < -0.3 is 10.2 Å². The number of hydrogen-bond donors (Lipinski definition) is 2. The SMILES string of the molecule is CC(C)(C)N(CCC(=O)O)Cc1ccc(O)c(Cl)c1. The van der Waals surface area contributed by atoms with Gasteiger partial charge in [0.15, 0.2) is 0 Å². The summed E-state index contributed by atoms with van der Waals surface area (Å²) in [5.41, 5.74) is 0.808. The number of phenolic OH excluding ortho intramolecular Hbond substituents is 1. The van der Waals surface area contributed by atoms with Crippen LogP contribution in [0.15, 0.2) is 18.2 Å². The Morgan fingerprint density at radius 3 is 2.47 bits per heavy atom. The highest BCUT2D eigenvalue weighted by molar-refractivity contribution is 6.32. The molecule has 2 N–H and O–H groups in total.